The monoisotopic (exact) mass is 474 g/mol. The van der Waals surface area contributed by atoms with E-state index < -0.39 is 0 Å². The molecule has 1 saturated heterocycles. The van der Waals surface area contributed by atoms with Gasteiger partial charge in [-0.15, -0.1) is 0 Å². The molecule has 186 valence electrons. The topological polar surface area (TPSA) is 77.1 Å². The van der Waals surface area contributed by atoms with Gasteiger partial charge in [-0.3, -0.25) is 4.79 Å². The number of nitrogens with one attached hydrogen (secondary N) is 1. The second-order valence-electron chi connectivity index (χ2n) is 7.86. The molecule has 0 saturated carbocycles. The van der Waals surface area contributed by atoms with Crippen LogP contribution in [0.1, 0.15) is 31.2 Å². The molecule has 4 rings (SSSR count). The van der Waals surface area contributed by atoms with Gasteiger partial charge in [-0.1, -0.05) is 6.07 Å². The van der Waals surface area contributed by atoms with Crippen LogP contribution in [0.3, 0.4) is 0 Å². The molecular formula is C26H35FN2O5. The number of benzene rings is 2. The van der Waals surface area contributed by atoms with Crippen LogP contribution in [0.5, 0.6) is 17.2 Å². The summed E-state index contributed by atoms with van der Waals surface area (Å²) < 4.78 is 28.8. The van der Waals surface area contributed by atoms with Gasteiger partial charge in [0.2, 0.25) is 5.91 Å². The van der Waals surface area contributed by atoms with Gasteiger partial charge in [-0.2, -0.15) is 0 Å². The zero-order chi connectivity index (χ0) is 24.6. The highest BCUT2D eigenvalue weighted by Crippen LogP contribution is 2.31. The molecule has 34 heavy (non-hydrogen) atoms. The Morgan fingerprint density at radius 1 is 1.06 bits per heavy atom. The van der Waals surface area contributed by atoms with Crippen LogP contribution >= 0.6 is 0 Å². The summed E-state index contributed by atoms with van der Waals surface area (Å²) in [5, 5.41) is 2.48. The predicted molar refractivity (Wildman–Crippen MR) is 129 cm³/mol. The lowest BCUT2D eigenvalue weighted by Crippen LogP contribution is -2.20. The molecule has 7 nitrogen and oxygen atoms in total. The standard InChI is InChI=1S/C15H21NO2.C10H12FNO2.CH2O/c1-2-8-16(7-1)9-3-4-13-5-6-14-15(12-13)18-11-10-17-14;1-12-10(13)6-7-14-9-4-2-8(11)3-5-9;1-2/h5-6,12H,1-4,7-11H2;2-5H,6-7H2,1H3,(H,12,13);1H2. The highest BCUT2D eigenvalue weighted by atomic mass is 19.1. The van der Waals surface area contributed by atoms with Crippen LogP contribution in [0.25, 0.3) is 0 Å². The summed E-state index contributed by atoms with van der Waals surface area (Å²) in [6.45, 7) is 7.45. The zero-order valence-corrected chi connectivity index (χ0v) is 19.9. The number of rotatable bonds is 8. The first kappa shape index (κ1) is 27.1. The lowest BCUT2D eigenvalue weighted by Gasteiger charge is -2.19. The second-order valence-corrected chi connectivity index (χ2v) is 7.86. The highest BCUT2D eigenvalue weighted by Gasteiger charge is 2.13. The Bertz CT molecular complexity index is 857. The fraction of sp³-hybridized carbons (Fsp3) is 0.462. The first-order valence-corrected chi connectivity index (χ1v) is 11.6. The molecule has 0 radical (unpaired) electrons. The van der Waals surface area contributed by atoms with Gasteiger partial charge in [-0.05, 0) is 87.3 Å². The second kappa shape index (κ2) is 15.7. The van der Waals surface area contributed by atoms with Gasteiger partial charge in [0.1, 0.15) is 31.6 Å². The Kier molecular flexibility index (Phi) is 12.5. The number of likely N-dealkylation sites (tertiary alicyclic amines) is 1. The van der Waals surface area contributed by atoms with Gasteiger partial charge >= 0.3 is 0 Å². The quantitative estimate of drug-likeness (QED) is 0.630. The summed E-state index contributed by atoms with van der Waals surface area (Å²) >= 11 is 0. The SMILES string of the molecule is C=O.CNC(=O)CCOc1ccc(F)cc1.c1cc2c(cc1CCCN1CCCC1)OCCO2. The zero-order valence-electron chi connectivity index (χ0n) is 19.9. The van der Waals surface area contributed by atoms with Crippen molar-refractivity contribution in [2.24, 2.45) is 0 Å². The van der Waals surface area contributed by atoms with Crippen LogP contribution in [0.4, 0.5) is 4.39 Å². The van der Waals surface area contributed by atoms with Gasteiger partial charge in [-0.25, -0.2) is 4.39 Å². The number of fused-ring (bicyclic) bond motifs is 1. The fourth-order valence-corrected chi connectivity index (χ4v) is 3.67. The van der Waals surface area contributed by atoms with Crippen LogP contribution in [-0.2, 0) is 16.0 Å². The number of nitrogens with zero attached hydrogens (tertiary/aromatic N) is 1. The maximum atomic E-state index is 12.5. The minimum absolute atomic E-state index is 0.0767. The summed E-state index contributed by atoms with van der Waals surface area (Å²) in [4.78, 5) is 21.4. The Hall–Kier alpha value is -3.13. The van der Waals surface area contributed by atoms with Crippen molar-refractivity contribution in [1.82, 2.24) is 10.2 Å². The van der Waals surface area contributed by atoms with Gasteiger partial charge in [0.15, 0.2) is 11.5 Å². The molecule has 2 heterocycles. The van der Waals surface area contributed by atoms with E-state index in [0.717, 1.165) is 17.9 Å². The van der Waals surface area contributed by atoms with E-state index in [9.17, 15) is 9.18 Å². The van der Waals surface area contributed by atoms with Crippen molar-refractivity contribution in [2.75, 3.05) is 46.5 Å². The van der Waals surface area contributed by atoms with E-state index in [2.05, 4.69) is 22.3 Å². The van der Waals surface area contributed by atoms with E-state index in [0.29, 0.717) is 32.0 Å². The lowest BCUT2D eigenvalue weighted by atomic mass is 10.1. The Morgan fingerprint density at radius 3 is 2.41 bits per heavy atom. The average Bonchev–Trinajstić information content (AvgIpc) is 3.40. The van der Waals surface area contributed by atoms with Crippen molar-refractivity contribution in [1.29, 1.82) is 0 Å². The number of ether oxygens (including phenoxy) is 3. The number of halogens is 1. The van der Waals surface area contributed by atoms with E-state index in [-0.39, 0.29) is 11.7 Å². The highest BCUT2D eigenvalue weighted by molar-refractivity contribution is 5.75. The van der Waals surface area contributed by atoms with Crippen molar-refractivity contribution in [3.05, 3.63) is 53.8 Å². The summed E-state index contributed by atoms with van der Waals surface area (Å²) in [5.74, 6) is 2.00. The molecule has 0 bridgehead atoms. The first-order valence-electron chi connectivity index (χ1n) is 11.6. The Balaban J connectivity index is 0.000000231. The van der Waals surface area contributed by atoms with Crippen molar-refractivity contribution < 1.29 is 28.2 Å². The fourth-order valence-electron chi connectivity index (χ4n) is 3.67. The molecule has 0 unspecified atom stereocenters. The number of carbonyl (C=O) groups excluding carboxylic acids is 2. The third-order valence-electron chi connectivity index (χ3n) is 5.44. The van der Waals surface area contributed by atoms with Crippen LogP contribution in [0, 0.1) is 5.82 Å². The maximum Gasteiger partial charge on any atom is 0.223 e. The molecule has 0 aliphatic carbocycles. The maximum absolute atomic E-state index is 12.5. The van der Waals surface area contributed by atoms with Crippen LogP contribution in [-0.4, -0.2) is 64.1 Å². The average molecular weight is 475 g/mol. The molecule has 8 heteroatoms. The number of hydrogen-bond donors (Lipinski definition) is 1. The molecule has 2 aromatic rings. The van der Waals surface area contributed by atoms with Gasteiger partial charge in [0.05, 0.1) is 13.0 Å². The van der Waals surface area contributed by atoms with Crippen molar-refractivity contribution in [2.45, 2.75) is 32.1 Å². The molecule has 1 N–H and O–H groups in total. The van der Waals surface area contributed by atoms with E-state index in [4.69, 9.17) is 19.0 Å². The van der Waals surface area contributed by atoms with Crippen LogP contribution in [0.15, 0.2) is 42.5 Å². The van der Waals surface area contributed by atoms with Gasteiger partial charge in [0, 0.05) is 7.05 Å². The third-order valence-corrected chi connectivity index (χ3v) is 5.44. The van der Waals surface area contributed by atoms with Crippen molar-refractivity contribution >= 4 is 12.7 Å². The minimum atomic E-state index is -0.302. The molecule has 1 fully saturated rings. The van der Waals surface area contributed by atoms with Crippen LogP contribution < -0.4 is 19.5 Å². The molecule has 2 aliphatic heterocycles. The Labute approximate surface area is 201 Å². The summed E-state index contributed by atoms with van der Waals surface area (Å²) in [7, 11) is 1.57. The number of hydrogen-bond acceptors (Lipinski definition) is 6. The van der Waals surface area contributed by atoms with E-state index >= 15 is 0 Å². The summed E-state index contributed by atoms with van der Waals surface area (Å²) in [6, 6.07) is 12.0. The predicted octanol–water partition coefficient (Wildman–Crippen LogP) is 3.64. The summed E-state index contributed by atoms with van der Waals surface area (Å²) in [6.07, 6.45) is 5.43. The molecule has 1 amide bonds. The minimum Gasteiger partial charge on any atom is -0.493 e. The van der Waals surface area contributed by atoms with Crippen molar-refractivity contribution in [3.63, 3.8) is 0 Å². The van der Waals surface area contributed by atoms with E-state index in [1.165, 1.54) is 68.7 Å². The Morgan fingerprint density at radius 2 is 1.74 bits per heavy atom. The summed E-state index contributed by atoms with van der Waals surface area (Å²) in [5.41, 5.74) is 1.36. The number of carbonyl (C=O) groups is 2. The van der Waals surface area contributed by atoms with E-state index in [1.807, 2.05) is 12.9 Å². The number of amides is 1. The molecular weight excluding hydrogens is 439 g/mol. The van der Waals surface area contributed by atoms with Crippen molar-refractivity contribution in [3.8, 4) is 17.2 Å². The molecule has 0 spiro atoms. The largest absolute Gasteiger partial charge is 0.493 e. The third kappa shape index (κ3) is 9.79. The lowest BCUT2D eigenvalue weighted by molar-refractivity contribution is -0.121. The van der Waals surface area contributed by atoms with Gasteiger partial charge in [0.25, 0.3) is 0 Å². The first-order chi connectivity index (χ1) is 16.6. The smallest absolute Gasteiger partial charge is 0.223 e. The number of aryl methyl sites for hydroxylation is 1. The molecule has 2 aromatic carbocycles. The van der Waals surface area contributed by atoms with Gasteiger partial charge < -0.3 is 29.2 Å². The molecule has 2 aliphatic rings. The normalized spacial score (nSPS) is 14.2. The van der Waals surface area contributed by atoms with Crippen LogP contribution in [0.2, 0.25) is 0 Å². The molecule has 0 atom stereocenters. The molecule has 0 aromatic heterocycles. The van der Waals surface area contributed by atoms with E-state index in [1.54, 1.807) is 7.05 Å².